The summed E-state index contributed by atoms with van der Waals surface area (Å²) in [5, 5.41) is 2.81. The Kier molecular flexibility index (Phi) is 5.01. The standard InChI is InChI=1S/C18H20N2O3/c1-11-4-5-12(2)16(8-11)20-18(22)10-23-17-7-6-14(13(3)21)9-15(17)19/h4-9H,10,19H2,1-3H3,(H,20,22). The molecule has 1 amide bonds. The Morgan fingerprint density at radius 3 is 2.52 bits per heavy atom. The van der Waals surface area contributed by atoms with Gasteiger partial charge in [-0.15, -0.1) is 0 Å². The predicted molar refractivity (Wildman–Crippen MR) is 90.9 cm³/mol. The zero-order valence-corrected chi connectivity index (χ0v) is 13.5. The number of nitrogen functional groups attached to an aromatic ring is 1. The van der Waals surface area contributed by atoms with Gasteiger partial charge in [0.25, 0.3) is 5.91 Å². The van der Waals surface area contributed by atoms with Gasteiger partial charge in [0.15, 0.2) is 12.4 Å². The molecule has 5 heteroatoms. The number of aryl methyl sites for hydroxylation is 2. The van der Waals surface area contributed by atoms with Crippen molar-refractivity contribution in [2.24, 2.45) is 0 Å². The van der Waals surface area contributed by atoms with Crippen molar-refractivity contribution in [2.75, 3.05) is 17.7 Å². The van der Waals surface area contributed by atoms with Crippen molar-refractivity contribution in [3.63, 3.8) is 0 Å². The monoisotopic (exact) mass is 312 g/mol. The predicted octanol–water partition coefficient (Wildman–Crippen LogP) is 3.11. The summed E-state index contributed by atoms with van der Waals surface area (Å²) in [4.78, 5) is 23.3. The molecule has 2 aromatic rings. The molecule has 2 aromatic carbocycles. The summed E-state index contributed by atoms with van der Waals surface area (Å²) in [7, 11) is 0. The van der Waals surface area contributed by atoms with Crippen molar-refractivity contribution in [3.8, 4) is 5.75 Å². The SMILES string of the molecule is CC(=O)c1ccc(OCC(=O)Nc2cc(C)ccc2C)c(N)c1. The van der Waals surface area contributed by atoms with E-state index in [1.54, 1.807) is 18.2 Å². The molecule has 0 bridgehead atoms. The van der Waals surface area contributed by atoms with Crippen molar-refractivity contribution in [1.29, 1.82) is 0 Å². The van der Waals surface area contributed by atoms with E-state index >= 15 is 0 Å². The maximum absolute atomic E-state index is 12.0. The maximum atomic E-state index is 12.0. The fourth-order valence-electron chi connectivity index (χ4n) is 2.10. The molecule has 0 saturated carbocycles. The van der Waals surface area contributed by atoms with Gasteiger partial charge in [-0.2, -0.15) is 0 Å². The Bertz CT molecular complexity index is 754. The van der Waals surface area contributed by atoms with Crippen molar-refractivity contribution < 1.29 is 14.3 Å². The van der Waals surface area contributed by atoms with Crippen molar-refractivity contribution >= 4 is 23.1 Å². The number of Topliss-reactive ketones (excluding diaryl/α,β-unsaturated/α-hetero) is 1. The molecule has 0 aliphatic heterocycles. The number of nitrogens with two attached hydrogens (primary N) is 1. The first-order valence-electron chi connectivity index (χ1n) is 7.27. The maximum Gasteiger partial charge on any atom is 0.262 e. The first-order chi connectivity index (χ1) is 10.9. The van der Waals surface area contributed by atoms with E-state index in [-0.39, 0.29) is 18.3 Å². The van der Waals surface area contributed by atoms with Crippen LogP contribution in [-0.4, -0.2) is 18.3 Å². The van der Waals surface area contributed by atoms with Crippen LogP contribution < -0.4 is 15.8 Å². The Balaban J connectivity index is 1.99. The lowest BCUT2D eigenvalue weighted by atomic mass is 10.1. The molecule has 0 fully saturated rings. The number of hydrogen-bond donors (Lipinski definition) is 2. The Labute approximate surface area is 135 Å². The van der Waals surface area contributed by atoms with Crippen molar-refractivity contribution in [2.45, 2.75) is 20.8 Å². The van der Waals surface area contributed by atoms with Crippen LogP contribution in [0.3, 0.4) is 0 Å². The van der Waals surface area contributed by atoms with Gasteiger partial charge in [0.2, 0.25) is 0 Å². The number of carbonyl (C=O) groups excluding carboxylic acids is 2. The Morgan fingerprint density at radius 1 is 1.13 bits per heavy atom. The van der Waals surface area contributed by atoms with Gasteiger partial charge in [-0.3, -0.25) is 9.59 Å². The molecule has 0 saturated heterocycles. The number of benzene rings is 2. The molecule has 23 heavy (non-hydrogen) atoms. The van der Waals surface area contributed by atoms with Gasteiger partial charge in [-0.05, 0) is 56.2 Å². The lowest BCUT2D eigenvalue weighted by molar-refractivity contribution is -0.118. The van der Waals surface area contributed by atoms with Gasteiger partial charge in [0.1, 0.15) is 5.75 Å². The third-order valence-corrected chi connectivity index (χ3v) is 3.44. The number of carbonyl (C=O) groups is 2. The topological polar surface area (TPSA) is 81.4 Å². The van der Waals surface area contributed by atoms with Crippen LogP contribution in [0.2, 0.25) is 0 Å². The van der Waals surface area contributed by atoms with E-state index < -0.39 is 0 Å². The third-order valence-electron chi connectivity index (χ3n) is 3.44. The van der Waals surface area contributed by atoms with Crippen LogP contribution in [0.25, 0.3) is 0 Å². The second kappa shape index (κ2) is 6.96. The molecule has 0 aliphatic carbocycles. The summed E-state index contributed by atoms with van der Waals surface area (Å²) < 4.78 is 5.43. The van der Waals surface area contributed by atoms with E-state index in [1.807, 2.05) is 32.0 Å². The number of amides is 1. The highest BCUT2D eigenvalue weighted by Gasteiger charge is 2.09. The lowest BCUT2D eigenvalue weighted by Crippen LogP contribution is -2.21. The summed E-state index contributed by atoms with van der Waals surface area (Å²) in [5.41, 5.74) is 9.48. The molecule has 0 spiro atoms. The number of nitrogens with one attached hydrogen (secondary N) is 1. The second-order valence-corrected chi connectivity index (χ2v) is 5.46. The van der Waals surface area contributed by atoms with Gasteiger partial charge in [-0.1, -0.05) is 12.1 Å². The molecular formula is C18H20N2O3. The van der Waals surface area contributed by atoms with Gasteiger partial charge in [-0.25, -0.2) is 0 Å². The van der Waals surface area contributed by atoms with E-state index in [4.69, 9.17) is 10.5 Å². The quantitative estimate of drug-likeness (QED) is 0.656. The third kappa shape index (κ3) is 4.32. The summed E-state index contributed by atoms with van der Waals surface area (Å²) in [6.45, 7) is 5.20. The number of anilines is 2. The summed E-state index contributed by atoms with van der Waals surface area (Å²) >= 11 is 0. The van der Waals surface area contributed by atoms with Crippen LogP contribution in [0.5, 0.6) is 5.75 Å². The first kappa shape index (κ1) is 16.5. The molecule has 2 rings (SSSR count). The molecule has 3 N–H and O–H groups in total. The van der Waals surface area contributed by atoms with Gasteiger partial charge >= 0.3 is 0 Å². The molecule has 5 nitrogen and oxygen atoms in total. The van der Waals surface area contributed by atoms with E-state index in [0.29, 0.717) is 17.0 Å². The first-order valence-corrected chi connectivity index (χ1v) is 7.27. The van der Waals surface area contributed by atoms with Crippen LogP contribution in [0, 0.1) is 13.8 Å². The fourth-order valence-corrected chi connectivity index (χ4v) is 2.10. The molecule has 0 unspecified atom stereocenters. The van der Waals surface area contributed by atoms with Crippen LogP contribution in [0.4, 0.5) is 11.4 Å². The minimum Gasteiger partial charge on any atom is -0.482 e. The average molecular weight is 312 g/mol. The van der Waals surface area contributed by atoms with E-state index in [2.05, 4.69) is 5.32 Å². The lowest BCUT2D eigenvalue weighted by Gasteiger charge is -2.12. The largest absolute Gasteiger partial charge is 0.482 e. The number of ketones is 1. The number of hydrogen-bond acceptors (Lipinski definition) is 4. The summed E-state index contributed by atoms with van der Waals surface area (Å²) in [5.74, 6) is 0.0378. The highest BCUT2D eigenvalue weighted by molar-refractivity contribution is 5.95. The summed E-state index contributed by atoms with van der Waals surface area (Å²) in [6, 6.07) is 10.6. The van der Waals surface area contributed by atoms with Crippen LogP contribution >= 0.6 is 0 Å². The van der Waals surface area contributed by atoms with E-state index in [0.717, 1.165) is 16.8 Å². The normalized spacial score (nSPS) is 10.2. The smallest absolute Gasteiger partial charge is 0.262 e. The fraction of sp³-hybridized carbons (Fsp3) is 0.222. The Morgan fingerprint density at radius 2 is 1.87 bits per heavy atom. The molecular weight excluding hydrogens is 292 g/mol. The van der Waals surface area contributed by atoms with Crippen LogP contribution in [-0.2, 0) is 4.79 Å². The highest BCUT2D eigenvalue weighted by Crippen LogP contribution is 2.23. The molecule has 120 valence electrons. The van der Waals surface area contributed by atoms with Crippen LogP contribution in [0.1, 0.15) is 28.4 Å². The highest BCUT2D eigenvalue weighted by atomic mass is 16.5. The van der Waals surface area contributed by atoms with Crippen LogP contribution in [0.15, 0.2) is 36.4 Å². The van der Waals surface area contributed by atoms with Crippen molar-refractivity contribution in [1.82, 2.24) is 0 Å². The van der Waals surface area contributed by atoms with Gasteiger partial charge in [0, 0.05) is 11.3 Å². The van der Waals surface area contributed by atoms with E-state index in [9.17, 15) is 9.59 Å². The van der Waals surface area contributed by atoms with E-state index in [1.165, 1.54) is 6.92 Å². The molecule has 0 aromatic heterocycles. The second-order valence-electron chi connectivity index (χ2n) is 5.46. The minimum absolute atomic E-state index is 0.0732. The summed E-state index contributed by atoms with van der Waals surface area (Å²) in [6.07, 6.45) is 0. The molecule has 0 aliphatic rings. The van der Waals surface area contributed by atoms with Gasteiger partial charge < -0.3 is 15.8 Å². The zero-order valence-electron chi connectivity index (χ0n) is 13.5. The minimum atomic E-state index is -0.270. The van der Waals surface area contributed by atoms with Gasteiger partial charge in [0.05, 0.1) is 5.69 Å². The molecule has 0 atom stereocenters. The number of rotatable bonds is 5. The van der Waals surface area contributed by atoms with Crippen molar-refractivity contribution in [3.05, 3.63) is 53.1 Å². The average Bonchev–Trinajstić information content (AvgIpc) is 2.49. The Hall–Kier alpha value is -2.82. The number of ether oxygens (including phenoxy) is 1. The zero-order chi connectivity index (χ0) is 17.0. The molecule has 0 radical (unpaired) electrons. The molecule has 0 heterocycles.